The van der Waals surface area contributed by atoms with Crippen LogP contribution >= 0.6 is 0 Å². The predicted octanol–water partition coefficient (Wildman–Crippen LogP) is 1.62. The molecule has 0 amide bonds. The van der Waals surface area contributed by atoms with Gasteiger partial charge in [-0.1, -0.05) is 27.2 Å². The summed E-state index contributed by atoms with van der Waals surface area (Å²) in [6.45, 7) is 7.84. The lowest BCUT2D eigenvalue weighted by atomic mass is 9.88. The van der Waals surface area contributed by atoms with Crippen molar-refractivity contribution in [2.75, 3.05) is 19.7 Å². The minimum Gasteiger partial charge on any atom is -0.375 e. The molecule has 1 saturated heterocycles. The number of nitrogens with zero attached hydrogens (tertiary/aromatic N) is 1. The topological polar surface area (TPSA) is 46.6 Å². The van der Waals surface area contributed by atoms with Crippen LogP contribution in [0.1, 0.15) is 40.0 Å². The van der Waals surface area contributed by atoms with Gasteiger partial charge in [0.25, 0.3) is 0 Å². The fourth-order valence-corrected chi connectivity index (χ4v) is 4.28. The Bertz CT molecular complexity index is 368. The summed E-state index contributed by atoms with van der Waals surface area (Å²) < 4.78 is 32.0. The Morgan fingerprint density at radius 1 is 1.24 bits per heavy atom. The molecule has 5 heteroatoms. The zero-order valence-corrected chi connectivity index (χ0v) is 11.8. The summed E-state index contributed by atoms with van der Waals surface area (Å²) in [5.74, 6) is 0. The molecule has 0 radical (unpaired) electrons. The van der Waals surface area contributed by atoms with E-state index in [1.807, 2.05) is 0 Å². The van der Waals surface area contributed by atoms with E-state index in [-0.39, 0.29) is 16.8 Å². The van der Waals surface area contributed by atoms with Gasteiger partial charge in [0.1, 0.15) is 0 Å². The summed E-state index contributed by atoms with van der Waals surface area (Å²) in [5, 5.41) is -0.124. The molecule has 0 aromatic carbocycles. The Kier molecular flexibility index (Phi) is 3.54. The van der Waals surface area contributed by atoms with E-state index >= 15 is 0 Å². The Balaban J connectivity index is 2.07. The summed E-state index contributed by atoms with van der Waals surface area (Å²) in [4.78, 5) is 0. The fraction of sp³-hybridized carbons (Fsp3) is 1.00. The van der Waals surface area contributed by atoms with Crippen molar-refractivity contribution in [3.05, 3.63) is 0 Å². The third kappa shape index (κ3) is 2.66. The maximum atomic E-state index is 12.3. The lowest BCUT2D eigenvalue weighted by Crippen LogP contribution is -2.53. The molecule has 17 heavy (non-hydrogen) atoms. The lowest BCUT2D eigenvalue weighted by Gasteiger charge is -2.41. The molecule has 1 aliphatic carbocycles. The van der Waals surface area contributed by atoms with Crippen LogP contribution in [0.2, 0.25) is 0 Å². The molecule has 1 unspecified atom stereocenters. The van der Waals surface area contributed by atoms with Crippen molar-refractivity contribution in [3.8, 4) is 0 Å². The number of ether oxygens (including phenoxy) is 1. The molecule has 0 spiro atoms. The SMILES string of the molecule is CC(C)(C)C1CN(S(=O)(=O)C2CCC2)CCO1. The number of hydrogen-bond donors (Lipinski definition) is 0. The third-order valence-corrected chi connectivity index (χ3v) is 6.19. The largest absolute Gasteiger partial charge is 0.375 e. The van der Waals surface area contributed by atoms with Crippen LogP contribution in [0, 0.1) is 5.41 Å². The highest BCUT2D eigenvalue weighted by Gasteiger charge is 2.40. The van der Waals surface area contributed by atoms with Crippen molar-refractivity contribution in [1.82, 2.24) is 4.31 Å². The highest BCUT2D eigenvalue weighted by Crippen LogP contribution is 2.32. The van der Waals surface area contributed by atoms with E-state index in [2.05, 4.69) is 20.8 Å². The van der Waals surface area contributed by atoms with Crippen molar-refractivity contribution < 1.29 is 13.2 Å². The normalized spacial score (nSPS) is 29.0. The standard InChI is InChI=1S/C12H23NO3S/c1-12(2,3)11-9-13(7-8-16-11)17(14,15)10-5-4-6-10/h10-11H,4-9H2,1-3H3. The second-order valence-corrected chi connectivity index (χ2v) is 8.39. The molecule has 0 aromatic heterocycles. The van der Waals surface area contributed by atoms with Crippen molar-refractivity contribution in [3.63, 3.8) is 0 Å². The molecule has 1 saturated carbocycles. The molecule has 0 N–H and O–H groups in total. The molecule has 2 fully saturated rings. The van der Waals surface area contributed by atoms with Crippen LogP contribution in [-0.2, 0) is 14.8 Å². The molecule has 0 bridgehead atoms. The Labute approximate surface area is 104 Å². The minimum atomic E-state index is -3.07. The Hall–Kier alpha value is -0.130. The molecule has 2 rings (SSSR count). The van der Waals surface area contributed by atoms with Gasteiger partial charge in [0.2, 0.25) is 10.0 Å². The van der Waals surface area contributed by atoms with Crippen LogP contribution in [0.5, 0.6) is 0 Å². The monoisotopic (exact) mass is 261 g/mol. The fourth-order valence-electron chi connectivity index (χ4n) is 2.26. The highest BCUT2D eigenvalue weighted by molar-refractivity contribution is 7.89. The number of morpholine rings is 1. The number of sulfonamides is 1. The van der Waals surface area contributed by atoms with Crippen molar-refractivity contribution in [1.29, 1.82) is 0 Å². The minimum absolute atomic E-state index is 0.00565. The summed E-state index contributed by atoms with van der Waals surface area (Å²) >= 11 is 0. The van der Waals surface area contributed by atoms with E-state index in [0.29, 0.717) is 19.7 Å². The second kappa shape index (κ2) is 4.52. The molecular formula is C12H23NO3S. The van der Waals surface area contributed by atoms with Gasteiger partial charge < -0.3 is 4.74 Å². The summed E-state index contributed by atoms with van der Waals surface area (Å²) in [5.41, 5.74) is -0.00615. The molecule has 2 aliphatic rings. The van der Waals surface area contributed by atoms with Gasteiger partial charge in [-0.3, -0.25) is 0 Å². The summed E-state index contributed by atoms with van der Waals surface area (Å²) in [7, 11) is -3.07. The predicted molar refractivity (Wildman–Crippen MR) is 67.3 cm³/mol. The van der Waals surface area contributed by atoms with Gasteiger partial charge >= 0.3 is 0 Å². The Morgan fingerprint density at radius 3 is 2.35 bits per heavy atom. The van der Waals surface area contributed by atoms with Crippen LogP contribution in [0.3, 0.4) is 0 Å². The van der Waals surface area contributed by atoms with Gasteiger partial charge in [0, 0.05) is 13.1 Å². The average Bonchev–Trinajstić information content (AvgIpc) is 2.13. The van der Waals surface area contributed by atoms with Crippen molar-refractivity contribution in [2.45, 2.75) is 51.4 Å². The quantitative estimate of drug-likeness (QED) is 0.759. The van der Waals surface area contributed by atoms with E-state index in [1.54, 1.807) is 4.31 Å². The molecule has 1 atom stereocenters. The van der Waals surface area contributed by atoms with E-state index in [9.17, 15) is 8.42 Å². The average molecular weight is 261 g/mol. The molecular weight excluding hydrogens is 238 g/mol. The smallest absolute Gasteiger partial charge is 0.217 e. The highest BCUT2D eigenvalue weighted by atomic mass is 32.2. The van der Waals surface area contributed by atoms with Gasteiger partial charge in [-0.25, -0.2) is 8.42 Å². The first-order valence-electron chi connectivity index (χ1n) is 6.42. The van der Waals surface area contributed by atoms with Gasteiger partial charge in [0.05, 0.1) is 18.0 Å². The first-order valence-corrected chi connectivity index (χ1v) is 7.93. The van der Waals surface area contributed by atoms with Crippen LogP contribution < -0.4 is 0 Å². The first-order chi connectivity index (χ1) is 7.82. The number of rotatable bonds is 2. The van der Waals surface area contributed by atoms with Crippen LogP contribution in [0.15, 0.2) is 0 Å². The van der Waals surface area contributed by atoms with Crippen LogP contribution in [0.4, 0.5) is 0 Å². The van der Waals surface area contributed by atoms with E-state index in [4.69, 9.17) is 4.74 Å². The molecule has 100 valence electrons. The van der Waals surface area contributed by atoms with Gasteiger partial charge in [0.15, 0.2) is 0 Å². The van der Waals surface area contributed by atoms with Gasteiger partial charge in [-0.05, 0) is 18.3 Å². The molecule has 1 heterocycles. The maximum Gasteiger partial charge on any atom is 0.217 e. The zero-order valence-electron chi connectivity index (χ0n) is 11.0. The second-order valence-electron chi connectivity index (χ2n) is 6.18. The van der Waals surface area contributed by atoms with Crippen LogP contribution in [0.25, 0.3) is 0 Å². The molecule has 4 nitrogen and oxygen atoms in total. The molecule has 0 aromatic rings. The van der Waals surface area contributed by atoms with Crippen molar-refractivity contribution in [2.24, 2.45) is 5.41 Å². The van der Waals surface area contributed by atoms with E-state index in [1.165, 1.54) is 0 Å². The number of hydrogen-bond acceptors (Lipinski definition) is 3. The first kappa shape index (κ1) is 13.3. The lowest BCUT2D eigenvalue weighted by molar-refractivity contribution is -0.0594. The van der Waals surface area contributed by atoms with Gasteiger partial charge in [-0.15, -0.1) is 0 Å². The maximum absolute atomic E-state index is 12.3. The van der Waals surface area contributed by atoms with Crippen LogP contribution in [-0.4, -0.2) is 43.8 Å². The van der Waals surface area contributed by atoms with Gasteiger partial charge in [-0.2, -0.15) is 4.31 Å². The van der Waals surface area contributed by atoms with E-state index in [0.717, 1.165) is 19.3 Å². The summed E-state index contributed by atoms with van der Waals surface area (Å²) in [6, 6.07) is 0. The summed E-state index contributed by atoms with van der Waals surface area (Å²) in [6.07, 6.45) is 2.72. The third-order valence-electron chi connectivity index (χ3n) is 3.83. The molecule has 1 aliphatic heterocycles. The van der Waals surface area contributed by atoms with Crippen molar-refractivity contribution >= 4 is 10.0 Å². The van der Waals surface area contributed by atoms with E-state index < -0.39 is 10.0 Å². The zero-order chi connectivity index (χ0) is 12.7. The Morgan fingerprint density at radius 2 is 1.88 bits per heavy atom.